The number of carbonyl (C=O) groups excluding carboxylic acids is 3. The van der Waals surface area contributed by atoms with Gasteiger partial charge in [0.15, 0.2) is 6.61 Å². The number of benzene rings is 3. The molecule has 0 unspecified atom stereocenters. The van der Waals surface area contributed by atoms with Gasteiger partial charge in [0.2, 0.25) is 0 Å². The van der Waals surface area contributed by atoms with Gasteiger partial charge in [0.05, 0.1) is 11.4 Å². The molecular formula is C27H23FN2O4S. The summed E-state index contributed by atoms with van der Waals surface area (Å²) in [5, 5.41) is 2.40. The van der Waals surface area contributed by atoms with Crippen molar-refractivity contribution in [2.75, 3.05) is 11.9 Å². The van der Waals surface area contributed by atoms with Crippen molar-refractivity contribution in [3.8, 4) is 5.75 Å². The van der Waals surface area contributed by atoms with Crippen LogP contribution in [0.25, 0.3) is 6.08 Å². The van der Waals surface area contributed by atoms with E-state index in [2.05, 4.69) is 5.32 Å². The number of halogens is 1. The van der Waals surface area contributed by atoms with E-state index in [4.69, 9.17) is 4.74 Å². The largest absolute Gasteiger partial charge is 0.484 e. The number of carbonyl (C=O) groups is 3. The molecule has 0 aromatic heterocycles. The van der Waals surface area contributed by atoms with Crippen molar-refractivity contribution in [3.63, 3.8) is 0 Å². The van der Waals surface area contributed by atoms with E-state index in [1.54, 1.807) is 48.5 Å². The van der Waals surface area contributed by atoms with Gasteiger partial charge in [-0.25, -0.2) is 4.39 Å². The van der Waals surface area contributed by atoms with Crippen molar-refractivity contribution < 1.29 is 23.5 Å². The SMILES string of the molecule is Cc1ccc(C)c(NC(=O)COc2ccc(/C=C3\SC(=O)N(Cc4ccccc4F)C3=O)cc2)c1. The molecule has 1 saturated heterocycles. The topological polar surface area (TPSA) is 75.7 Å². The number of hydrogen-bond donors (Lipinski definition) is 1. The molecule has 1 heterocycles. The summed E-state index contributed by atoms with van der Waals surface area (Å²) in [4.78, 5) is 38.6. The Morgan fingerprint density at radius 2 is 1.80 bits per heavy atom. The normalized spacial score (nSPS) is 14.5. The monoisotopic (exact) mass is 490 g/mol. The predicted molar refractivity (Wildman–Crippen MR) is 134 cm³/mol. The van der Waals surface area contributed by atoms with Gasteiger partial charge >= 0.3 is 0 Å². The van der Waals surface area contributed by atoms with Gasteiger partial charge in [0.1, 0.15) is 11.6 Å². The molecule has 3 aromatic rings. The van der Waals surface area contributed by atoms with E-state index in [0.29, 0.717) is 11.3 Å². The minimum Gasteiger partial charge on any atom is -0.484 e. The molecule has 0 spiro atoms. The Kier molecular flexibility index (Phi) is 7.31. The van der Waals surface area contributed by atoms with E-state index in [0.717, 1.165) is 33.5 Å². The van der Waals surface area contributed by atoms with Gasteiger partial charge in [-0.2, -0.15) is 0 Å². The van der Waals surface area contributed by atoms with E-state index >= 15 is 0 Å². The van der Waals surface area contributed by atoms with Crippen molar-refractivity contribution >= 4 is 40.6 Å². The molecule has 8 heteroatoms. The molecule has 35 heavy (non-hydrogen) atoms. The molecule has 1 aliphatic rings. The van der Waals surface area contributed by atoms with Crippen LogP contribution in [0.2, 0.25) is 0 Å². The Morgan fingerprint density at radius 1 is 1.06 bits per heavy atom. The first-order chi connectivity index (χ1) is 16.8. The molecule has 0 saturated carbocycles. The highest BCUT2D eigenvalue weighted by atomic mass is 32.2. The van der Waals surface area contributed by atoms with E-state index in [9.17, 15) is 18.8 Å². The van der Waals surface area contributed by atoms with Crippen LogP contribution in [0.1, 0.15) is 22.3 Å². The summed E-state index contributed by atoms with van der Waals surface area (Å²) in [7, 11) is 0. The van der Waals surface area contributed by atoms with Crippen LogP contribution in [0, 0.1) is 19.7 Å². The van der Waals surface area contributed by atoms with Crippen molar-refractivity contribution in [2.24, 2.45) is 0 Å². The number of rotatable bonds is 7. The maximum absolute atomic E-state index is 13.9. The van der Waals surface area contributed by atoms with Gasteiger partial charge in [0, 0.05) is 11.3 Å². The number of imide groups is 1. The third-order valence-electron chi connectivity index (χ3n) is 5.37. The standard InChI is InChI=1S/C27H23FN2O4S/c1-17-7-8-18(2)23(13-17)29-25(31)16-34-21-11-9-19(10-12-21)14-24-26(32)30(27(33)35-24)15-20-5-3-4-6-22(20)28/h3-14H,15-16H2,1-2H3,(H,29,31)/b24-14-. The molecule has 4 rings (SSSR count). The summed E-state index contributed by atoms with van der Waals surface area (Å²) in [6, 6.07) is 18.7. The quantitative estimate of drug-likeness (QED) is 0.430. The Bertz CT molecular complexity index is 1320. The lowest BCUT2D eigenvalue weighted by molar-refractivity contribution is -0.123. The highest BCUT2D eigenvalue weighted by Gasteiger charge is 2.35. The number of nitrogens with zero attached hydrogens (tertiary/aromatic N) is 1. The van der Waals surface area contributed by atoms with Gasteiger partial charge in [-0.05, 0) is 72.6 Å². The average molecular weight is 491 g/mol. The van der Waals surface area contributed by atoms with E-state index in [-0.39, 0.29) is 29.5 Å². The van der Waals surface area contributed by atoms with Gasteiger partial charge in [-0.1, -0.05) is 42.5 Å². The van der Waals surface area contributed by atoms with Crippen LogP contribution in [0.3, 0.4) is 0 Å². The summed E-state index contributed by atoms with van der Waals surface area (Å²) < 4.78 is 19.5. The fourth-order valence-electron chi connectivity index (χ4n) is 3.45. The van der Waals surface area contributed by atoms with Gasteiger partial charge < -0.3 is 10.1 Å². The highest BCUT2D eigenvalue weighted by Crippen LogP contribution is 2.33. The number of ether oxygens (including phenoxy) is 1. The lowest BCUT2D eigenvalue weighted by Crippen LogP contribution is -2.27. The minimum absolute atomic E-state index is 0.119. The van der Waals surface area contributed by atoms with Gasteiger partial charge in [-0.3, -0.25) is 19.3 Å². The van der Waals surface area contributed by atoms with Gasteiger partial charge in [-0.15, -0.1) is 0 Å². The molecule has 0 atom stereocenters. The Hall–Kier alpha value is -3.91. The maximum Gasteiger partial charge on any atom is 0.293 e. The van der Waals surface area contributed by atoms with Gasteiger partial charge in [0.25, 0.3) is 17.1 Å². The second-order valence-electron chi connectivity index (χ2n) is 8.08. The third-order valence-corrected chi connectivity index (χ3v) is 6.28. The van der Waals surface area contributed by atoms with Crippen LogP contribution in [-0.2, 0) is 16.1 Å². The van der Waals surface area contributed by atoms with Crippen molar-refractivity contribution in [1.82, 2.24) is 4.90 Å². The van der Waals surface area contributed by atoms with Crippen molar-refractivity contribution in [1.29, 1.82) is 0 Å². The molecular weight excluding hydrogens is 467 g/mol. The molecule has 1 fully saturated rings. The molecule has 0 bridgehead atoms. The number of nitrogens with one attached hydrogen (secondary N) is 1. The first-order valence-corrected chi connectivity index (χ1v) is 11.7. The summed E-state index contributed by atoms with van der Waals surface area (Å²) in [6.45, 7) is 3.60. The van der Waals surface area contributed by atoms with Crippen LogP contribution in [0.5, 0.6) is 5.75 Å². The van der Waals surface area contributed by atoms with Crippen molar-refractivity contribution in [2.45, 2.75) is 20.4 Å². The van der Waals surface area contributed by atoms with E-state index in [1.807, 2.05) is 32.0 Å². The molecule has 3 amide bonds. The van der Waals surface area contributed by atoms with Crippen LogP contribution in [-0.4, -0.2) is 28.6 Å². The third kappa shape index (κ3) is 5.96. The van der Waals surface area contributed by atoms with Crippen LogP contribution in [0.15, 0.2) is 71.6 Å². The summed E-state index contributed by atoms with van der Waals surface area (Å²) in [6.07, 6.45) is 1.60. The number of aryl methyl sites for hydroxylation is 2. The second-order valence-corrected chi connectivity index (χ2v) is 9.08. The Labute approximate surface area is 206 Å². The number of anilines is 1. The van der Waals surface area contributed by atoms with Crippen LogP contribution in [0.4, 0.5) is 14.9 Å². The number of thioether (sulfide) groups is 1. The van der Waals surface area contributed by atoms with E-state index in [1.165, 1.54) is 6.07 Å². The van der Waals surface area contributed by atoms with Crippen LogP contribution >= 0.6 is 11.8 Å². The summed E-state index contributed by atoms with van der Waals surface area (Å²) in [5.41, 5.74) is 3.73. The number of amides is 3. The number of hydrogen-bond acceptors (Lipinski definition) is 5. The lowest BCUT2D eigenvalue weighted by atomic mass is 10.1. The first-order valence-electron chi connectivity index (χ1n) is 10.9. The summed E-state index contributed by atoms with van der Waals surface area (Å²) >= 11 is 0.815. The Balaban J connectivity index is 1.35. The fraction of sp³-hybridized carbons (Fsp3) is 0.148. The van der Waals surface area contributed by atoms with Crippen LogP contribution < -0.4 is 10.1 Å². The molecule has 0 radical (unpaired) electrons. The Morgan fingerprint density at radius 3 is 2.54 bits per heavy atom. The molecule has 1 N–H and O–H groups in total. The van der Waals surface area contributed by atoms with Crippen molar-refractivity contribution in [3.05, 3.63) is 99.7 Å². The fourth-order valence-corrected chi connectivity index (χ4v) is 4.29. The molecule has 1 aliphatic heterocycles. The molecule has 178 valence electrons. The maximum atomic E-state index is 13.9. The smallest absolute Gasteiger partial charge is 0.293 e. The molecule has 0 aliphatic carbocycles. The average Bonchev–Trinajstić information content (AvgIpc) is 3.09. The molecule has 3 aromatic carbocycles. The highest BCUT2D eigenvalue weighted by molar-refractivity contribution is 8.18. The predicted octanol–water partition coefficient (Wildman–Crippen LogP) is 5.70. The zero-order valence-corrected chi connectivity index (χ0v) is 20.0. The molecule has 6 nitrogen and oxygen atoms in total. The minimum atomic E-state index is -0.466. The zero-order chi connectivity index (χ0) is 24.9. The van der Waals surface area contributed by atoms with E-state index < -0.39 is 17.0 Å². The second kappa shape index (κ2) is 10.6. The lowest BCUT2D eigenvalue weighted by Gasteiger charge is -2.12. The summed E-state index contributed by atoms with van der Waals surface area (Å²) in [5.74, 6) is -0.710. The first kappa shape index (κ1) is 24.2. The zero-order valence-electron chi connectivity index (χ0n) is 19.2.